The van der Waals surface area contributed by atoms with Crippen molar-refractivity contribution in [3.8, 4) is 5.75 Å². The van der Waals surface area contributed by atoms with E-state index in [1.54, 1.807) is 24.0 Å². The van der Waals surface area contributed by atoms with Gasteiger partial charge in [0.25, 0.3) is 5.91 Å². The van der Waals surface area contributed by atoms with Crippen LogP contribution in [0.5, 0.6) is 5.75 Å². The van der Waals surface area contributed by atoms with Gasteiger partial charge in [0.2, 0.25) is 5.78 Å². The minimum atomic E-state index is -0.722. The van der Waals surface area contributed by atoms with Gasteiger partial charge in [-0.3, -0.25) is 9.59 Å². The van der Waals surface area contributed by atoms with E-state index in [-0.39, 0.29) is 11.3 Å². The van der Waals surface area contributed by atoms with E-state index in [9.17, 15) is 14.7 Å². The SMILES string of the molecule is CCCCOc1cccc(C2C(C(=O)c3ccc(C)o3)=C(O)C(=O)N2CCN(CC)CC)c1. The normalized spacial score (nSPS) is 16.2. The number of Topliss-reactive ketones (excluding diaryl/α,β-unsaturated/α-hetero) is 1. The molecule has 3 rings (SSSR count). The average Bonchev–Trinajstić information content (AvgIpc) is 3.36. The van der Waals surface area contributed by atoms with E-state index in [1.165, 1.54) is 0 Å². The van der Waals surface area contributed by atoms with E-state index in [2.05, 4.69) is 25.7 Å². The Hall–Kier alpha value is -3.06. The summed E-state index contributed by atoms with van der Waals surface area (Å²) in [6.07, 6.45) is 1.96. The fourth-order valence-corrected chi connectivity index (χ4v) is 4.05. The van der Waals surface area contributed by atoms with Gasteiger partial charge in [-0.25, -0.2) is 0 Å². The van der Waals surface area contributed by atoms with E-state index >= 15 is 0 Å². The minimum absolute atomic E-state index is 0.0413. The molecular formula is C26H34N2O5. The van der Waals surface area contributed by atoms with Crippen LogP contribution in [0.2, 0.25) is 0 Å². The molecule has 7 heteroatoms. The number of carbonyl (C=O) groups is 2. The number of unbranched alkanes of at least 4 members (excludes halogenated alkanes) is 1. The second kappa shape index (κ2) is 11.2. The molecule has 1 unspecified atom stereocenters. The average molecular weight is 455 g/mol. The highest BCUT2D eigenvalue weighted by molar-refractivity contribution is 6.15. The van der Waals surface area contributed by atoms with Crippen LogP contribution in [0.15, 0.2) is 52.1 Å². The molecule has 1 aliphatic rings. The lowest BCUT2D eigenvalue weighted by Crippen LogP contribution is -2.38. The molecule has 0 saturated carbocycles. The lowest BCUT2D eigenvalue weighted by atomic mass is 9.95. The molecule has 1 aromatic carbocycles. The maximum absolute atomic E-state index is 13.4. The van der Waals surface area contributed by atoms with Crippen LogP contribution in [-0.2, 0) is 4.79 Å². The molecule has 1 N–H and O–H groups in total. The van der Waals surface area contributed by atoms with Crippen LogP contribution >= 0.6 is 0 Å². The number of nitrogens with zero attached hydrogens (tertiary/aromatic N) is 2. The third kappa shape index (κ3) is 5.47. The van der Waals surface area contributed by atoms with Crippen LogP contribution in [0, 0.1) is 6.92 Å². The van der Waals surface area contributed by atoms with Crippen molar-refractivity contribution in [3.63, 3.8) is 0 Å². The molecule has 178 valence electrons. The van der Waals surface area contributed by atoms with E-state index in [0.717, 1.165) is 25.9 Å². The lowest BCUT2D eigenvalue weighted by Gasteiger charge is -2.29. The van der Waals surface area contributed by atoms with Crippen molar-refractivity contribution >= 4 is 11.7 Å². The number of aryl methyl sites for hydroxylation is 1. The summed E-state index contributed by atoms with van der Waals surface area (Å²) in [5.41, 5.74) is 0.757. The molecule has 2 heterocycles. The molecule has 2 aromatic rings. The maximum Gasteiger partial charge on any atom is 0.290 e. The molecule has 1 atom stereocenters. The van der Waals surface area contributed by atoms with Gasteiger partial charge in [0.15, 0.2) is 11.5 Å². The van der Waals surface area contributed by atoms with Gasteiger partial charge in [0.05, 0.1) is 18.2 Å². The molecule has 33 heavy (non-hydrogen) atoms. The van der Waals surface area contributed by atoms with Gasteiger partial charge in [0.1, 0.15) is 11.5 Å². The summed E-state index contributed by atoms with van der Waals surface area (Å²) in [7, 11) is 0. The molecule has 1 aromatic heterocycles. The van der Waals surface area contributed by atoms with Gasteiger partial charge < -0.3 is 24.1 Å². The molecule has 1 amide bonds. The number of hydrogen-bond donors (Lipinski definition) is 1. The predicted molar refractivity (Wildman–Crippen MR) is 127 cm³/mol. The van der Waals surface area contributed by atoms with Crippen molar-refractivity contribution in [2.24, 2.45) is 0 Å². The van der Waals surface area contributed by atoms with E-state index in [4.69, 9.17) is 9.15 Å². The number of aliphatic hydroxyl groups excluding tert-OH is 1. The number of benzene rings is 1. The van der Waals surface area contributed by atoms with Gasteiger partial charge in [-0.1, -0.05) is 39.3 Å². The molecular weight excluding hydrogens is 420 g/mol. The zero-order chi connectivity index (χ0) is 24.0. The number of rotatable bonds is 12. The number of aliphatic hydroxyl groups is 1. The number of carbonyl (C=O) groups excluding carboxylic acids is 2. The van der Waals surface area contributed by atoms with Gasteiger partial charge in [-0.05, 0) is 56.3 Å². The summed E-state index contributed by atoms with van der Waals surface area (Å²) in [5.74, 6) is -0.186. The van der Waals surface area contributed by atoms with Crippen LogP contribution in [0.4, 0.5) is 0 Å². The quantitative estimate of drug-likeness (QED) is 0.370. The Morgan fingerprint density at radius 1 is 1.18 bits per heavy atom. The third-order valence-electron chi connectivity index (χ3n) is 6.00. The van der Waals surface area contributed by atoms with Crippen molar-refractivity contribution in [2.75, 3.05) is 32.8 Å². The largest absolute Gasteiger partial charge is 0.503 e. The van der Waals surface area contributed by atoms with Gasteiger partial charge in [0, 0.05) is 13.1 Å². The Morgan fingerprint density at radius 3 is 2.58 bits per heavy atom. The molecule has 7 nitrogen and oxygen atoms in total. The molecule has 0 fully saturated rings. The number of hydrogen-bond acceptors (Lipinski definition) is 6. The number of furan rings is 1. The minimum Gasteiger partial charge on any atom is -0.503 e. The highest BCUT2D eigenvalue weighted by Crippen LogP contribution is 2.40. The third-order valence-corrected chi connectivity index (χ3v) is 6.00. The topological polar surface area (TPSA) is 83.2 Å². The summed E-state index contributed by atoms with van der Waals surface area (Å²) < 4.78 is 11.4. The zero-order valence-corrected chi connectivity index (χ0v) is 20.0. The molecule has 0 saturated heterocycles. The number of ketones is 1. The van der Waals surface area contributed by atoms with E-state index in [0.29, 0.717) is 36.8 Å². The first-order valence-electron chi connectivity index (χ1n) is 11.7. The van der Waals surface area contributed by atoms with Crippen molar-refractivity contribution in [3.05, 3.63) is 64.8 Å². The second-order valence-electron chi connectivity index (χ2n) is 8.20. The molecule has 0 radical (unpaired) electrons. The van der Waals surface area contributed by atoms with E-state index < -0.39 is 23.5 Å². The number of likely N-dealkylation sites (N-methyl/N-ethyl adjacent to an activating group) is 1. The van der Waals surface area contributed by atoms with Crippen LogP contribution in [0.3, 0.4) is 0 Å². The smallest absolute Gasteiger partial charge is 0.290 e. The zero-order valence-electron chi connectivity index (χ0n) is 20.0. The van der Waals surface area contributed by atoms with E-state index in [1.807, 2.05) is 24.3 Å². The van der Waals surface area contributed by atoms with Crippen LogP contribution < -0.4 is 4.74 Å². The summed E-state index contributed by atoms with van der Waals surface area (Å²) >= 11 is 0. The van der Waals surface area contributed by atoms with Crippen LogP contribution in [-0.4, -0.2) is 59.4 Å². The standard InChI is InChI=1S/C26H34N2O5/c1-5-8-16-32-20-11-9-10-19(17-20)23-22(24(29)21-13-12-18(4)33-21)25(30)26(31)28(23)15-14-27(6-2)7-3/h9-13,17,23,30H,5-8,14-16H2,1-4H3. The van der Waals surface area contributed by atoms with Gasteiger partial charge >= 0.3 is 0 Å². The first-order chi connectivity index (χ1) is 15.9. The fourth-order valence-electron chi connectivity index (χ4n) is 4.05. The Bertz CT molecular complexity index is 1010. The Morgan fingerprint density at radius 2 is 1.94 bits per heavy atom. The number of amides is 1. The second-order valence-corrected chi connectivity index (χ2v) is 8.20. The first-order valence-corrected chi connectivity index (χ1v) is 11.7. The highest BCUT2D eigenvalue weighted by Gasteiger charge is 2.44. The molecule has 0 spiro atoms. The highest BCUT2D eigenvalue weighted by atomic mass is 16.5. The molecule has 0 bridgehead atoms. The number of ether oxygens (including phenoxy) is 1. The molecule has 1 aliphatic heterocycles. The summed E-state index contributed by atoms with van der Waals surface area (Å²) in [5, 5.41) is 10.8. The Balaban J connectivity index is 1.99. The summed E-state index contributed by atoms with van der Waals surface area (Å²) in [6, 6.07) is 9.95. The van der Waals surface area contributed by atoms with Crippen molar-refractivity contribution < 1.29 is 23.8 Å². The van der Waals surface area contributed by atoms with Crippen molar-refractivity contribution in [2.45, 2.75) is 46.6 Å². The Labute approximate surface area is 195 Å². The van der Waals surface area contributed by atoms with Gasteiger partial charge in [-0.15, -0.1) is 0 Å². The van der Waals surface area contributed by atoms with Crippen molar-refractivity contribution in [1.29, 1.82) is 0 Å². The van der Waals surface area contributed by atoms with Gasteiger partial charge in [-0.2, -0.15) is 0 Å². The van der Waals surface area contributed by atoms with Crippen molar-refractivity contribution in [1.82, 2.24) is 9.80 Å². The lowest BCUT2D eigenvalue weighted by molar-refractivity contribution is -0.129. The van der Waals surface area contributed by atoms with Crippen LogP contribution in [0.1, 0.15) is 61.5 Å². The first kappa shape index (κ1) is 24.6. The van der Waals surface area contributed by atoms with Crippen LogP contribution in [0.25, 0.3) is 0 Å². The maximum atomic E-state index is 13.4. The summed E-state index contributed by atoms with van der Waals surface area (Å²) in [4.78, 5) is 30.2. The predicted octanol–water partition coefficient (Wildman–Crippen LogP) is 4.69. The molecule has 0 aliphatic carbocycles. The Kier molecular flexibility index (Phi) is 8.33. The monoisotopic (exact) mass is 454 g/mol. The fraction of sp³-hybridized carbons (Fsp3) is 0.462. The summed E-state index contributed by atoms with van der Waals surface area (Å²) in [6.45, 7) is 11.3.